The molecule has 1 unspecified atom stereocenters. The van der Waals surface area contributed by atoms with Gasteiger partial charge in [0.2, 0.25) is 0 Å². The molecule has 1 aliphatic carbocycles. The molecule has 0 spiro atoms. The zero-order valence-electron chi connectivity index (χ0n) is 23.5. The van der Waals surface area contributed by atoms with E-state index in [1.165, 1.54) is 5.56 Å². The first-order valence-electron chi connectivity index (χ1n) is 14.0. The summed E-state index contributed by atoms with van der Waals surface area (Å²) in [6.45, 7) is 11.7. The van der Waals surface area contributed by atoms with Gasteiger partial charge in [-0.1, -0.05) is 44.5 Å². The van der Waals surface area contributed by atoms with Crippen LogP contribution in [0.2, 0.25) is 0 Å². The summed E-state index contributed by atoms with van der Waals surface area (Å²) in [5.74, 6) is 1.48. The Morgan fingerprint density at radius 3 is 2.58 bits per heavy atom. The van der Waals surface area contributed by atoms with Gasteiger partial charge in [0.05, 0.1) is 13.2 Å². The Morgan fingerprint density at radius 2 is 1.87 bits per heavy atom. The second-order valence-electron chi connectivity index (χ2n) is 11.0. The van der Waals surface area contributed by atoms with Crippen LogP contribution in [0.15, 0.2) is 48.5 Å². The fourth-order valence-electron chi connectivity index (χ4n) is 5.17. The van der Waals surface area contributed by atoms with Crippen molar-refractivity contribution in [1.29, 1.82) is 0 Å². The molecule has 38 heavy (non-hydrogen) atoms. The van der Waals surface area contributed by atoms with Crippen LogP contribution in [0.25, 0.3) is 11.1 Å². The highest BCUT2D eigenvalue weighted by Crippen LogP contribution is 2.43. The summed E-state index contributed by atoms with van der Waals surface area (Å²) in [5, 5.41) is 12.9. The molecular formula is C33H42FNO3. The van der Waals surface area contributed by atoms with E-state index in [0.717, 1.165) is 77.0 Å². The summed E-state index contributed by atoms with van der Waals surface area (Å²) in [5.41, 5.74) is 7.08. The lowest BCUT2D eigenvalue weighted by molar-refractivity contribution is 0.187. The largest absolute Gasteiger partial charge is 0.493 e. The van der Waals surface area contributed by atoms with Gasteiger partial charge < -0.3 is 19.9 Å². The molecule has 0 saturated carbocycles. The normalized spacial score (nSPS) is 15.0. The van der Waals surface area contributed by atoms with E-state index in [2.05, 4.69) is 31.3 Å². The second kappa shape index (κ2) is 12.3. The monoisotopic (exact) mass is 519 g/mol. The number of aliphatic hydroxyl groups is 1. The summed E-state index contributed by atoms with van der Waals surface area (Å²) in [6.07, 6.45) is 4.38. The molecule has 4 nitrogen and oxygen atoms in total. The number of benzene rings is 3. The molecule has 1 atom stereocenters. The van der Waals surface area contributed by atoms with Gasteiger partial charge in [-0.15, -0.1) is 0 Å². The topological polar surface area (TPSA) is 50.7 Å². The van der Waals surface area contributed by atoms with Crippen molar-refractivity contribution in [1.82, 2.24) is 5.32 Å². The number of aryl methyl sites for hydroxylation is 1. The maximum atomic E-state index is 15.0. The molecule has 3 aromatic rings. The van der Waals surface area contributed by atoms with Crippen LogP contribution in [0.5, 0.6) is 11.5 Å². The number of fused-ring (bicyclic) bond motifs is 1. The number of nitrogens with one attached hydrogen (secondary N) is 1. The molecule has 0 bridgehead atoms. The number of hydrogen-bond acceptors (Lipinski definition) is 4. The van der Waals surface area contributed by atoms with Crippen molar-refractivity contribution in [2.24, 2.45) is 0 Å². The molecule has 204 valence electrons. The van der Waals surface area contributed by atoms with Crippen LogP contribution in [0.4, 0.5) is 4.39 Å². The summed E-state index contributed by atoms with van der Waals surface area (Å²) >= 11 is 0. The predicted octanol–water partition coefficient (Wildman–Crippen LogP) is 7.47. The van der Waals surface area contributed by atoms with Gasteiger partial charge in [-0.3, -0.25) is 0 Å². The van der Waals surface area contributed by atoms with Gasteiger partial charge in [0.25, 0.3) is 0 Å². The Kier molecular flexibility index (Phi) is 9.11. The van der Waals surface area contributed by atoms with Crippen molar-refractivity contribution >= 4 is 0 Å². The Balaban J connectivity index is 1.59. The molecule has 0 fully saturated rings. The minimum atomic E-state index is -0.336. The van der Waals surface area contributed by atoms with Crippen LogP contribution in [0, 0.1) is 12.7 Å². The number of ether oxygens (including phenoxy) is 2. The average Bonchev–Trinajstić information content (AvgIpc) is 3.30. The summed E-state index contributed by atoms with van der Waals surface area (Å²) in [7, 11) is 0. The van der Waals surface area contributed by atoms with Crippen LogP contribution >= 0.6 is 0 Å². The molecule has 0 saturated heterocycles. The molecule has 5 heteroatoms. The fraction of sp³-hybridized carbons (Fsp3) is 0.455. The Bertz CT molecular complexity index is 1250. The third-order valence-corrected chi connectivity index (χ3v) is 7.46. The summed E-state index contributed by atoms with van der Waals surface area (Å²) in [4.78, 5) is 0. The van der Waals surface area contributed by atoms with Crippen LogP contribution in [-0.2, 0) is 19.4 Å². The lowest BCUT2D eigenvalue weighted by Gasteiger charge is -2.24. The zero-order chi connectivity index (χ0) is 27.3. The van der Waals surface area contributed by atoms with Gasteiger partial charge in [0.1, 0.15) is 23.4 Å². The molecule has 0 amide bonds. The highest BCUT2D eigenvalue weighted by atomic mass is 19.1. The van der Waals surface area contributed by atoms with Crippen molar-refractivity contribution < 1.29 is 19.0 Å². The number of rotatable bonds is 12. The van der Waals surface area contributed by atoms with Gasteiger partial charge in [-0.05, 0) is 104 Å². The van der Waals surface area contributed by atoms with Gasteiger partial charge in [-0.25, -0.2) is 4.39 Å². The van der Waals surface area contributed by atoms with E-state index >= 15 is 4.39 Å². The van der Waals surface area contributed by atoms with Crippen molar-refractivity contribution in [3.63, 3.8) is 0 Å². The molecule has 0 aromatic heterocycles. The Labute approximate surface area is 227 Å². The highest BCUT2D eigenvalue weighted by Gasteiger charge is 2.29. The molecule has 3 aromatic carbocycles. The molecule has 0 radical (unpaired) electrons. The summed E-state index contributed by atoms with van der Waals surface area (Å²) in [6, 6.07) is 15.6. The Morgan fingerprint density at radius 1 is 1.05 bits per heavy atom. The quantitative estimate of drug-likeness (QED) is 0.244. The van der Waals surface area contributed by atoms with Gasteiger partial charge in [0.15, 0.2) is 0 Å². The number of unbranched alkanes of at least 4 members (excludes halogenated alkanes) is 1. The minimum absolute atomic E-state index is 0.0722. The lowest BCUT2D eigenvalue weighted by Crippen LogP contribution is -2.42. The molecular weight excluding hydrogens is 477 g/mol. The predicted molar refractivity (Wildman–Crippen MR) is 152 cm³/mol. The maximum Gasteiger partial charge on any atom is 0.124 e. The standard InChI is InChI=1S/C33H42FNO3/c1-6-8-16-37-31-11-9-10-26(25(31)7-2)28-18-24(34)19-29-27(28)13-15-32(29)38-30-14-12-23(17-22(30)3)20-35-33(4,5)21-36/h9-12,14,17-19,32,35-36H,6-8,13,15-16,20-21H2,1-5H3. The first kappa shape index (κ1) is 28.1. The van der Waals surface area contributed by atoms with Crippen molar-refractivity contribution in [2.75, 3.05) is 13.2 Å². The van der Waals surface area contributed by atoms with Crippen molar-refractivity contribution in [2.45, 2.75) is 84.9 Å². The van der Waals surface area contributed by atoms with Gasteiger partial charge >= 0.3 is 0 Å². The fourth-order valence-corrected chi connectivity index (χ4v) is 5.17. The third kappa shape index (κ3) is 6.39. The maximum absolute atomic E-state index is 15.0. The zero-order valence-corrected chi connectivity index (χ0v) is 23.5. The van der Waals surface area contributed by atoms with E-state index in [4.69, 9.17) is 9.47 Å². The molecule has 4 rings (SSSR count). The van der Waals surface area contributed by atoms with E-state index in [9.17, 15) is 5.11 Å². The van der Waals surface area contributed by atoms with Crippen molar-refractivity contribution in [3.05, 3.63) is 82.2 Å². The van der Waals surface area contributed by atoms with Gasteiger partial charge in [0, 0.05) is 17.6 Å². The van der Waals surface area contributed by atoms with Crippen LogP contribution in [0.3, 0.4) is 0 Å². The summed E-state index contributed by atoms with van der Waals surface area (Å²) < 4.78 is 27.6. The van der Waals surface area contributed by atoms with E-state index in [1.54, 1.807) is 12.1 Å². The third-order valence-electron chi connectivity index (χ3n) is 7.46. The highest BCUT2D eigenvalue weighted by molar-refractivity contribution is 5.75. The molecule has 2 N–H and O–H groups in total. The average molecular weight is 520 g/mol. The molecule has 0 heterocycles. The van der Waals surface area contributed by atoms with E-state index in [1.807, 2.05) is 45.0 Å². The smallest absolute Gasteiger partial charge is 0.124 e. The first-order chi connectivity index (χ1) is 18.3. The van der Waals surface area contributed by atoms with E-state index < -0.39 is 0 Å². The number of aliphatic hydroxyl groups excluding tert-OH is 1. The Hall–Kier alpha value is -2.89. The van der Waals surface area contributed by atoms with Crippen LogP contribution in [-0.4, -0.2) is 23.9 Å². The molecule has 0 aliphatic heterocycles. The van der Waals surface area contributed by atoms with Crippen LogP contribution < -0.4 is 14.8 Å². The van der Waals surface area contributed by atoms with Crippen LogP contribution in [0.1, 0.15) is 80.9 Å². The van der Waals surface area contributed by atoms with Gasteiger partial charge in [-0.2, -0.15) is 0 Å². The van der Waals surface area contributed by atoms with Crippen molar-refractivity contribution in [3.8, 4) is 22.6 Å². The van der Waals surface area contributed by atoms with E-state index in [0.29, 0.717) is 13.2 Å². The SMILES string of the molecule is CCCCOc1cccc(-c2cc(F)cc3c2CCC3Oc2ccc(CNC(C)(C)CO)cc2C)c1CC. The lowest BCUT2D eigenvalue weighted by atomic mass is 9.91. The first-order valence-corrected chi connectivity index (χ1v) is 14.0. The second-order valence-corrected chi connectivity index (χ2v) is 11.0. The molecule has 1 aliphatic rings. The number of halogens is 1. The van der Waals surface area contributed by atoms with E-state index in [-0.39, 0.29) is 24.1 Å². The minimum Gasteiger partial charge on any atom is -0.493 e. The number of hydrogen-bond donors (Lipinski definition) is 2.